The fraction of sp³-hybridized carbons (Fsp3) is 0.263. The SMILES string of the molecule is NCc1cccc(CC(=O)NC2CC(C(=O)O)Nc3cc(Cl)cc(Cl)c32)c1. The summed E-state index contributed by atoms with van der Waals surface area (Å²) in [4.78, 5) is 24.0. The Kier molecular flexibility index (Phi) is 5.89. The van der Waals surface area contributed by atoms with Crippen molar-refractivity contribution in [3.05, 3.63) is 63.1 Å². The molecule has 0 spiro atoms. The van der Waals surface area contributed by atoms with E-state index in [9.17, 15) is 14.7 Å². The molecule has 27 heavy (non-hydrogen) atoms. The molecule has 0 saturated carbocycles. The van der Waals surface area contributed by atoms with Crippen LogP contribution in [0.25, 0.3) is 0 Å². The smallest absolute Gasteiger partial charge is 0.326 e. The zero-order chi connectivity index (χ0) is 19.6. The molecule has 8 heteroatoms. The van der Waals surface area contributed by atoms with E-state index in [0.717, 1.165) is 11.1 Å². The second-order valence-electron chi connectivity index (χ2n) is 6.44. The molecule has 142 valence electrons. The first-order chi connectivity index (χ1) is 12.9. The first kappa shape index (κ1) is 19.5. The highest BCUT2D eigenvalue weighted by atomic mass is 35.5. The number of carbonyl (C=O) groups excluding carboxylic acids is 1. The third-order valence-corrected chi connectivity index (χ3v) is 5.00. The van der Waals surface area contributed by atoms with Gasteiger partial charge in [-0.25, -0.2) is 4.79 Å². The number of hydrogen-bond acceptors (Lipinski definition) is 4. The molecule has 1 aliphatic rings. The zero-order valence-corrected chi connectivity index (χ0v) is 15.8. The normalized spacial score (nSPS) is 18.3. The van der Waals surface area contributed by atoms with E-state index in [0.29, 0.717) is 27.8 Å². The Balaban J connectivity index is 1.82. The van der Waals surface area contributed by atoms with Gasteiger partial charge in [-0.1, -0.05) is 47.5 Å². The highest BCUT2D eigenvalue weighted by molar-refractivity contribution is 6.35. The summed E-state index contributed by atoms with van der Waals surface area (Å²) in [5.74, 6) is -1.23. The Morgan fingerprint density at radius 3 is 2.67 bits per heavy atom. The van der Waals surface area contributed by atoms with Gasteiger partial charge in [0.05, 0.1) is 12.5 Å². The number of rotatable bonds is 5. The Morgan fingerprint density at radius 2 is 1.96 bits per heavy atom. The largest absolute Gasteiger partial charge is 0.480 e. The van der Waals surface area contributed by atoms with Crippen LogP contribution in [0.1, 0.15) is 29.2 Å². The number of carboxylic acid groups (broad SMARTS) is 1. The standard InChI is InChI=1S/C19H19Cl2N3O3/c20-12-6-13(21)18-14(7-12)23-16(19(26)27)8-15(18)24-17(25)5-10-2-1-3-11(4-10)9-22/h1-4,6-7,15-16,23H,5,8-9,22H2,(H,24,25)(H,26,27). The number of fused-ring (bicyclic) bond motifs is 1. The van der Waals surface area contributed by atoms with Crippen LogP contribution in [0.2, 0.25) is 10.0 Å². The van der Waals surface area contributed by atoms with E-state index in [1.807, 2.05) is 24.3 Å². The monoisotopic (exact) mass is 407 g/mol. The quantitative estimate of drug-likeness (QED) is 0.609. The summed E-state index contributed by atoms with van der Waals surface area (Å²) in [6.45, 7) is 0.397. The van der Waals surface area contributed by atoms with Crippen molar-refractivity contribution in [1.29, 1.82) is 0 Å². The molecule has 1 amide bonds. The highest BCUT2D eigenvalue weighted by Gasteiger charge is 2.33. The number of anilines is 1. The molecule has 0 radical (unpaired) electrons. The predicted molar refractivity (Wildman–Crippen MR) is 105 cm³/mol. The fourth-order valence-electron chi connectivity index (χ4n) is 3.25. The van der Waals surface area contributed by atoms with Gasteiger partial charge in [-0.05, 0) is 23.3 Å². The van der Waals surface area contributed by atoms with E-state index in [-0.39, 0.29) is 18.7 Å². The molecule has 5 N–H and O–H groups in total. The maximum absolute atomic E-state index is 12.6. The molecule has 2 aromatic rings. The summed E-state index contributed by atoms with van der Waals surface area (Å²) in [6, 6.07) is 9.28. The molecule has 0 aromatic heterocycles. The first-order valence-electron chi connectivity index (χ1n) is 8.43. The van der Waals surface area contributed by atoms with Crippen molar-refractivity contribution in [1.82, 2.24) is 5.32 Å². The van der Waals surface area contributed by atoms with Gasteiger partial charge < -0.3 is 21.5 Å². The van der Waals surface area contributed by atoms with Crippen LogP contribution in [0.4, 0.5) is 5.69 Å². The number of carboxylic acids is 1. The number of carbonyl (C=O) groups is 2. The van der Waals surface area contributed by atoms with E-state index in [1.54, 1.807) is 12.1 Å². The van der Waals surface area contributed by atoms with Gasteiger partial charge in [-0.3, -0.25) is 4.79 Å². The Morgan fingerprint density at radius 1 is 1.22 bits per heavy atom. The van der Waals surface area contributed by atoms with Crippen molar-refractivity contribution in [3.63, 3.8) is 0 Å². The van der Waals surface area contributed by atoms with Crippen molar-refractivity contribution in [3.8, 4) is 0 Å². The predicted octanol–water partition coefficient (Wildman–Crippen LogP) is 3.12. The van der Waals surface area contributed by atoms with E-state index in [1.165, 1.54) is 0 Å². The van der Waals surface area contributed by atoms with Gasteiger partial charge in [0.15, 0.2) is 0 Å². The maximum atomic E-state index is 12.6. The minimum absolute atomic E-state index is 0.163. The first-order valence-corrected chi connectivity index (χ1v) is 9.18. The van der Waals surface area contributed by atoms with Crippen molar-refractivity contribution < 1.29 is 14.7 Å². The van der Waals surface area contributed by atoms with Gasteiger partial charge in [0.2, 0.25) is 5.91 Å². The average Bonchev–Trinajstić information content (AvgIpc) is 2.60. The number of nitrogens with one attached hydrogen (secondary N) is 2. The molecule has 1 aliphatic heterocycles. The third kappa shape index (κ3) is 4.53. The van der Waals surface area contributed by atoms with Gasteiger partial charge in [-0.15, -0.1) is 0 Å². The molecule has 0 saturated heterocycles. The van der Waals surface area contributed by atoms with Crippen LogP contribution in [0.5, 0.6) is 0 Å². The summed E-state index contributed by atoms with van der Waals surface area (Å²) >= 11 is 12.3. The molecule has 1 heterocycles. The minimum atomic E-state index is -1.01. The highest BCUT2D eigenvalue weighted by Crippen LogP contribution is 2.39. The Labute approximate surface area is 166 Å². The topological polar surface area (TPSA) is 104 Å². The van der Waals surface area contributed by atoms with Crippen molar-refractivity contribution in [2.75, 3.05) is 5.32 Å². The molecule has 2 unspecified atom stereocenters. The number of hydrogen-bond donors (Lipinski definition) is 4. The van der Waals surface area contributed by atoms with Crippen LogP contribution in [0.3, 0.4) is 0 Å². The van der Waals surface area contributed by atoms with E-state index < -0.39 is 18.1 Å². The zero-order valence-electron chi connectivity index (χ0n) is 14.3. The van der Waals surface area contributed by atoms with Crippen LogP contribution >= 0.6 is 23.2 Å². The second kappa shape index (κ2) is 8.17. The van der Waals surface area contributed by atoms with E-state index in [2.05, 4.69) is 10.6 Å². The summed E-state index contributed by atoms with van der Waals surface area (Å²) in [6.07, 6.45) is 0.342. The number of nitrogens with two attached hydrogens (primary N) is 1. The molecule has 6 nitrogen and oxygen atoms in total. The average molecular weight is 408 g/mol. The molecule has 0 fully saturated rings. The number of benzene rings is 2. The lowest BCUT2D eigenvalue weighted by Gasteiger charge is -2.32. The lowest BCUT2D eigenvalue weighted by Crippen LogP contribution is -2.41. The molecule has 2 aromatic carbocycles. The van der Waals surface area contributed by atoms with Gasteiger partial charge >= 0.3 is 5.97 Å². The molecule has 0 bridgehead atoms. The van der Waals surface area contributed by atoms with Crippen LogP contribution < -0.4 is 16.4 Å². The number of amides is 1. The molecular formula is C19H19Cl2N3O3. The minimum Gasteiger partial charge on any atom is -0.480 e. The summed E-state index contributed by atoms with van der Waals surface area (Å²) in [7, 11) is 0. The number of halogens is 2. The lowest BCUT2D eigenvalue weighted by molar-refractivity contribution is -0.138. The number of aliphatic carboxylic acids is 1. The summed E-state index contributed by atoms with van der Waals surface area (Å²) in [5, 5.41) is 16.0. The molecular weight excluding hydrogens is 389 g/mol. The second-order valence-corrected chi connectivity index (χ2v) is 7.28. The maximum Gasteiger partial charge on any atom is 0.326 e. The van der Waals surface area contributed by atoms with Crippen LogP contribution in [-0.4, -0.2) is 23.0 Å². The van der Waals surface area contributed by atoms with Crippen molar-refractivity contribution in [2.24, 2.45) is 5.73 Å². The van der Waals surface area contributed by atoms with E-state index >= 15 is 0 Å². The molecule has 3 rings (SSSR count). The van der Waals surface area contributed by atoms with Gasteiger partial charge in [0.25, 0.3) is 0 Å². The fourth-order valence-corrected chi connectivity index (χ4v) is 3.87. The Bertz CT molecular complexity index is 888. The van der Waals surface area contributed by atoms with Gasteiger partial charge in [0, 0.05) is 34.3 Å². The van der Waals surface area contributed by atoms with Crippen molar-refractivity contribution in [2.45, 2.75) is 31.5 Å². The van der Waals surface area contributed by atoms with Crippen LogP contribution in [0.15, 0.2) is 36.4 Å². The molecule has 2 atom stereocenters. The van der Waals surface area contributed by atoms with Crippen LogP contribution in [0, 0.1) is 0 Å². The van der Waals surface area contributed by atoms with Gasteiger partial charge in [-0.2, -0.15) is 0 Å². The van der Waals surface area contributed by atoms with E-state index in [4.69, 9.17) is 28.9 Å². The molecule has 0 aliphatic carbocycles. The third-order valence-electron chi connectivity index (χ3n) is 4.47. The van der Waals surface area contributed by atoms with Gasteiger partial charge in [0.1, 0.15) is 6.04 Å². The van der Waals surface area contributed by atoms with Crippen molar-refractivity contribution >= 4 is 40.8 Å². The van der Waals surface area contributed by atoms with Crippen LogP contribution in [-0.2, 0) is 22.6 Å². The lowest BCUT2D eigenvalue weighted by atomic mass is 9.92. The summed E-state index contributed by atoms with van der Waals surface area (Å²) < 4.78 is 0. The Hall–Kier alpha value is -2.28. The summed E-state index contributed by atoms with van der Waals surface area (Å²) in [5.41, 5.74) is 8.57.